The van der Waals surface area contributed by atoms with Crippen molar-refractivity contribution < 1.29 is 9.72 Å². The highest BCUT2D eigenvalue weighted by Crippen LogP contribution is 2.29. The van der Waals surface area contributed by atoms with Crippen LogP contribution in [0.25, 0.3) is 0 Å². The first-order valence-electron chi connectivity index (χ1n) is 8.05. The third kappa shape index (κ3) is 3.67. The summed E-state index contributed by atoms with van der Waals surface area (Å²) in [5.41, 5.74) is 13.3. The lowest BCUT2D eigenvalue weighted by atomic mass is 9.95. The number of nitrogens with zero attached hydrogens (tertiary/aromatic N) is 2. The SMILES string of the molecule is NC(=O)c1ccc(CN2C[C@@H](N)[C@H](c3ccccc3)C2)c([N+](=O)[O-])c1. The molecule has 130 valence electrons. The number of rotatable bonds is 5. The van der Waals surface area contributed by atoms with Crippen LogP contribution in [0.4, 0.5) is 5.69 Å². The predicted molar refractivity (Wildman–Crippen MR) is 94.0 cm³/mol. The van der Waals surface area contributed by atoms with E-state index in [1.54, 1.807) is 6.07 Å². The summed E-state index contributed by atoms with van der Waals surface area (Å²) in [4.78, 5) is 24.2. The highest BCUT2D eigenvalue weighted by atomic mass is 16.6. The minimum Gasteiger partial charge on any atom is -0.366 e. The first-order chi connectivity index (χ1) is 12.0. The van der Waals surface area contributed by atoms with Crippen LogP contribution in [0.2, 0.25) is 0 Å². The van der Waals surface area contributed by atoms with E-state index >= 15 is 0 Å². The molecule has 1 saturated heterocycles. The van der Waals surface area contributed by atoms with Gasteiger partial charge < -0.3 is 11.5 Å². The third-order valence-corrected chi connectivity index (χ3v) is 4.63. The molecule has 2 atom stereocenters. The number of carbonyl (C=O) groups excluding carboxylic acids is 1. The summed E-state index contributed by atoms with van der Waals surface area (Å²) >= 11 is 0. The van der Waals surface area contributed by atoms with Crippen LogP contribution < -0.4 is 11.5 Å². The van der Waals surface area contributed by atoms with E-state index in [9.17, 15) is 14.9 Å². The van der Waals surface area contributed by atoms with Gasteiger partial charge >= 0.3 is 0 Å². The normalized spacial score (nSPS) is 20.5. The lowest BCUT2D eigenvalue weighted by Crippen LogP contribution is -2.28. The van der Waals surface area contributed by atoms with Crippen molar-refractivity contribution in [3.8, 4) is 0 Å². The van der Waals surface area contributed by atoms with Crippen LogP contribution in [0.15, 0.2) is 48.5 Å². The van der Waals surface area contributed by atoms with Crippen LogP contribution in [0.1, 0.15) is 27.4 Å². The Kier molecular flexibility index (Phi) is 4.78. The molecule has 2 aromatic rings. The van der Waals surface area contributed by atoms with Gasteiger partial charge in [0.15, 0.2) is 0 Å². The zero-order chi connectivity index (χ0) is 18.0. The summed E-state index contributed by atoms with van der Waals surface area (Å²) in [5, 5.41) is 11.3. The van der Waals surface area contributed by atoms with Crippen molar-refractivity contribution in [1.29, 1.82) is 0 Å². The Labute approximate surface area is 145 Å². The summed E-state index contributed by atoms with van der Waals surface area (Å²) in [6.07, 6.45) is 0. The second-order valence-corrected chi connectivity index (χ2v) is 6.34. The first kappa shape index (κ1) is 17.1. The highest BCUT2D eigenvalue weighted by Gasteiger charge is 2.32. The van der Waals surface area contributed by atoms with Crippen molar-refractivity contribution in [3.63, 3.8) is 0 Å². The number of carbonyl (C=O) groups is 1. The number of nitrogens with two attached hydrogens (primary N) is 2. The maximum absolute atomic E-state index is 11.3. The Morgan fingerprint density at radius 2 is 1.92 bits per heavy atom. The molecule has 1 heterocycles. The fraction of sp³-hybridized carbons (Fsp3) is 0.278. The number of nitro benzene ring substituents is 1. The van der Waals surface area contributed by atoms with E-state index in [4.69, 9.17) is 11.5 Å². The summed E-state index contributed by atoms with van der Waals surface area (Å²) in [5.74, 6) is -0.480. The molecular weight excluding hydrogens is 320 g/mol. The molecule has 0 aromatic heterocycles. The van der Waals surface area contributed by atoms with Gasteiger partial charge in [-0.05, 0) is 11.6 Å². The number of amides is 1. The van der Waals surface area contributed by atoms with Crippen LogP contribution in [-0.2, 0) is 6.54 Å². The Hall–Kier alpha value is -2.77. The number of nitro groups is 1. The van der Waals surface area contributed by atoms with Gasteiger partial charge in [-0.2, -0.15) is 0 Å². The highest BCUT2D eigenvalue weighted by molar-refractivity contribution is 5.93. The fourth-order valence-electron chi connectivity index (χ4n) is 3.36. The number of hydrogen-bond acceptors (Lipinski definition) is 5. The molecule has 0 saturated carbocycles. The van der Waals surface area contributed by atoms with Gasteiger partial charge in [0, 0.05) is 48.8 Å². The summed E-state index contributed by atoms with van der Waals surface area (Å²) in [6, 6.07) is 14.4. The average molecular weight is 340 g/mol. The average Bonchev–Trinajstić information content (AvgIpc) is 2.96. The van der Waals surface area contributed by atoms with Crippen LogP contribution >= 0.6 is 0 Å². The Morgan fingerprint density at radius 3 is 2.56 bits per heavy atom. The maximum atomic E-state index is 11.3. The maximum Gasteiger partial charge on any atom is 0.274 e. The van der Waals surface area contributed by atoms with Crippen molar-refractivity contribution in [2.75, 3.05) is 13.1 Å². The van der Waals surface area contributed by atoms with Gasteiger partial charge in [0.2, 0.25) is 5.91 Å². The van der Waals surface area contributed by atoms with Crippen molar-refractivity contribution in [2.45, 2.75) is 18.5 Å². The van der Waals surface area contributed by atoms with E-state index in [0.717, 1.165) is 6.54 Å². The van der Waals surface area contributed by atoms with Crippen molar-refractivity contribution in [3.05, 3.63) is 75.3 Å². The molecule has 0 spiro atoms. The zero-order valence-electron chi connectivity index (χ0n) is 13.7. The first-order valence-corrected chi connectivity index (χ1v) is 8.05. The van der Waals surface area contributed by atoms with E-state index in [-0.39, 0.29) is 23.2 Å². The van der Waals surface area contributed by atoms with Crippen molar-refractivity contribution in [1.82, 2.24) is 4.90 Å². The van der Waals surface area contributed by atoms with E-state index in [0.29, 0.717) is 18.7 Å². The molecule has 2 aromatic carbocycles. The largest absolute Gasteiger partial charge is 0.366 e. The number of benzene rings is 2. The van der Waals surface area contributed by atoms with E-state index in [1.165, 1.54) is 17.7 Å². The lowest BCUT2D eigenvalue weighted by molar-refractivity contribution is -0.385. The van der Waals surface area contributed by atoms with Gasteiger partial charge in [-0.15, -0.1) is 0 Å². The Morgan fingerprint density at radius 1 is 1.20 bits per heavy atom. The molecule has 0 aliphatic carbocycles. The molecule has 1 aliphatic heterocycles. The summed E-state index contributed by atoms with van der Waals surface area (Å²) < 4.78 is 0. The van der Waals surface area contributed by atoms with Crippen LogP contribution in [0.3, 0.4) is 0 Å². The number of primary amides is 1. The topological polar surface area (TPSA) is 115 Å². The smallest absolute Gasteiger partial charge is 0.274 e. The van der Waals surface area contributed by atoms with Gasteiger partial charge in [-0.25, -0.2) is 0 Å². The predicted octanol–water partition coefficient (Wildman–Crippen LogP) is 1.62. The third-order valence-electron chi connectivity index (χ3n) is 4.63. The van der Waals surface area contributed by atoms with Crippen molar-refractivity contribution in [2.24, 2.45) is 11.5 Å². The molecule has 25 heavy (non-hydrogen) atoms. The monoisotopic (exact) mass is 340 g/mol. The zero-order valence-corrected chi connectivity index (χ0v) is 13.7. The standard InChI is InChI=1S/C18H20N4O3/c19-16-11-21(10-15(16)12-4-2-1-3-5-12)9-14-7-6-13(18(20)23)8-17(14)22(24)25/h1-8,15-16H,9-11,19H2,(H2,20,23)/t15-,16+/m0/s1. The molecule has 0 bridgehead atoms. The Balaban J connectivity index is 1.79. The van der Waals surface area contributed by atoms with Crippen LogP contribution in [-0.4, -0.2) is 34.9 Å². The molecular formula is C18H20N4O3. The number of hydrogen-bond donors (Lipinski definition) is 2. The molecule has 0 radical (unpaired) electrons. The molecule has 7 nitrogen and oxygen atoms in total. The Bertz CT molecular complexity index is 794. The molecule has 1 aliphatic rings. The van der Waals surface area contributed by atoms with E-state index in [1.807, 2.05) is 18.2 Å². The van der Waals surface area contributed by atoms with E-state index in [2.05, 4.69) is 17.0 Å². The molecule has 1 fully saturated rings. The molecule has 0 unspecified atom stereocenters. The quantitative estimate of drug-likeness (QED) is 0.634. The summed E-state index contributed by atoms with van der Waals surface area (Å²) in [7, 11) is 0. The van der Waals surface area contributed by atoms with E-state index < -0.39 is 10.8 Å². The fourth-order valence-corrected chi connectivity index (χ4v) is 3.36. The lowest BCUT2D eigenvalue weighted by Gasteiger charge is -2.16. The van der Waals surface area contributed by atoms with Crippen LogP contribution in [0.5, 0.6) is 0 Å². The molecule has 3 rings (SSSR count). The van der Waals surface area contributed by atoms with Gasteiger partial charge in [-0.1, -0.05) is 36.4 Å². The van der Waals surface area contributed by atoms with Gasteiger partial charge in [0.1, 0.15) is 0 Å². The summed E-state index contributed by atoms with van der Waals surface area (Å²) in [6.45, 7) is 1.81. The molecule has 4 N–H and O–H groups in total. The second kappa shape index (κ2) is 7.00. The van der Waals surface area contributed by atoms with Crippen molar-refractivity contribution >= 4 is 11.6 Å². The van der Waals surface area contributed by atoms with Gasteiger partial charge in [-0.3, -0.25) is 19.8 Å². The van der Waals surface area contributed by atoms with Crippen LogP contribution in [0, 0.1) is 10.1 Å². The minimum absolute atomic E-state index is 0.0219. The van der Waals surface area contributed by atoms with Gasteiger partial charge in [0.05, 0.1) is 4.92 Å². The number of likely N-dealkylation sites (tertiary alicyclic amines) is 1. The molecule has 1 amide bonds. The molecule has 7 heteroatoms. The second-order valence-electron chi connectivity index (χ2n) is 6.34. The minimum atomic E-state index is -0.679. The van der Waals surface area contributed by atoms with Gasteiger partial charge in [0.25, 0.3) is 5.69 Å².